The van der Waals surface area contributed by atoms with Crippen LogP contribution in [0.25, 0.3) is 0 Å². The highest BCUT2D eigenvalue weighted by molar-refractivity contribution is 6.20. The van der Waals surface area contributed by atoms with Gasteiger partial charge in [0.2, 0.25) is 0 Å². The van der Waals surface area contributed by atoms with Gasteiger partial charge in [-0.25, -0.2) is 4.90 Å². The van der Waals surface area contributed by atoms with Gasteiger partial charge in [-0.3, -0.25) is 9.59 Å². The lowest BCUT2D eigenvalue weighted by Crippen LogP contribution is -2.52. The Hall–Kier alpha value is -2.16. The number of ether oxygens (including phenoxy) is 1. The predicted molar refractivity (Wildman–Crippen MR) is 75.5 cm³/mol. The first kappa shape index (κ1) is 13.8. The fourth-order valence-electron chi connectivity index (χ4n) is 2.70. The molecule has 0 aliphatic carbocycles. The molecule has 2 unspecified atom stereocenters. The molecular weight excluding hydrogens is 270 g/mol. The van der Waals surface area contributed by atoms with E-state index in [1.165, 1.54) is 4.90 Å². The van der Waals surface area contributed by atoms with E-state index < -0.39 is 12.2 Å². The van der Waals surface area contributed by atoms with Crippen molar-refractivity contribution in [3.8, 4) is 11.8 Å². The number of fused-ring (bicyclic) bond motifs is 2. The van der Waals surface area contributed by atoms with Crippen LogP contribution in [-0.4, -0.2) is 35.7 Å². The normalized spacial score (nSPS) is 24.0. The maximum atomic E-state index is 12.4. The lowest BCUT2D eigenvalue weighted by Gasteiger charge is -2.30. The van der Waals surface area contributed by atoms with Gasteiger partial charge in [0, 0.05) is 5.56 Å². The molecule has 2 amide bonds. The zero-order valence-electron chi connectivity index (χ0n) is 11.6. The molecule has 2 heterocycles. The van der Waals surface area contributed by atoms with Crippen molar-refractivity contribution in [2.45, 2.75) is 32.0 Å². The number of carbonyl (C=O) groups is 2. The van der Waals surface area contributed by atoms with Crippen molar-refractivity contribution in [3.05, 3.63) is 29.3 Å². The highest BCUT2D eigenvalue weighted by Crippen LogP contribution is 2.33. The SMILES string of the molecule is Cc1ccc(C#CCO)cc1N1C(=O)C2CCC(O2)C1=O. The second-order valence-corrected chi connectivity index (χ2v) is 5.16. The van der Waals surface area contributed by atoms with Gasteiger partial charge < -0.3 is 9.84 Å². The Morgan fingerprint density at radius 2 is 1.95 bits per heavy atom. The van der Waals surface area contributed by atoms with Gasteiger partial charge in [-0.1, -0.05) is 17.9 Å². The predicted octanol–water partition coefficient (Wildman–Crippen LogP) is 0.760. The molecule has 1 aromatic carbocycles. The van der Waals surface area contributed by atoms with E-state index in [2.05, 4.69) is 11.8 Å². The van der Waals surface area contributed by atoms with Gasteiger partial charge in [0.15, 0.2) is 0 Å². The molecule has 21 heavy (non-hydrogen) atoms. The molecule has 1 aromatic rings. The van der Waals surface area contributed by atoms with E-state index in [0.29, 0.717) is 24.1 Å². The first-order chi connectivity index (χ1) is 10.1. The summed E-state index contributed by atoms with van der Waals surface area (Å²) in [5.74, 6) is 4.74. The van der Waals surface area contributed by atoms with E-state index in [4.69, 9.17) is 9.84 Å². The maximum Gasteiger partial charge on any atom is 0.262 e. The molecule has 1 N–H and O–H groups in total. The van der Waals surface area contributed by atoms with Crippen LogP contribution in [0.15, 0.2) is 18.2 Å². The van der Waals surface area contributed by atoms with E-state index in [0.717, 1.165) is 5.56 Å². The fourth-order valence-corrected chi connectivity index (χ4v) is 2.70. The zero-order chi connectivity index (χ0) is 15.0. The molecule has 2 fully saturated rings. The second-order valence-electron chi connectivity index (χ2n) is 5.16. The molecule has 2 aliphatic rings. The third kappa shape index (κ3) is 2.33. The molecule has 0 spiro atoms. The van der Waals surface area contributed by atoms with Crippen molar-refractivity contribution >= 4 is 17.5 Å². The summed E-state index contributed by atoms with van der Waals surface area (Å²) < 4.78 is 5.41. The number of anilines is 1. The van der Waals surface area contributed by atoms with E-state index in [-0.39, 0.29) is 18.4 Å². The third-order valence-electron chi connectivity index (χ3n) is 3.77. The smallest absolute Gasteiger partial charge is 0.262 e. The molecule has 5 nitrogen and oxygen atoms in total. The molecule has 5 heteroatoms. The van der Waals surface area contributed by atoms with Crippen molar-refractivity contribution < 1.29 is 19.4 Å². The molecule has 108 valence electrons. The topological polar surface area (TPSA) is 66.8 Å². The molecule has 0 radical (unpaired) electrons. The van der Waals surface area contributed by atoms with Crippen LogP contribution in [-0.2, 0) is 14.3 Å². The molecule has 0 aromatic heterocycles. The highest BCUT2D eigenvalue weighted by Gasteiger charge is 2.47. The van der Waals surface area contributed by atoms with E-state index in [1.54, 1.807) is 12.1 Å². The monoisotopic (exact) mass is 285 g/mol. The number of aliphatic hydroxyl groups is 1. The molecule has 2 bridgehead atoms. The Morgan fingerprint density at radius 1 is 1.29 bits per heavy atom. The number of amides is 2. The Labute approximate surface area is 122 Å². The van der Waals surface area contributed by atoms with Crippen LogP contribution in [0.1, 0.15) is 24.0 Å². The summed E-state index contributed by atoms with van der Waals surface area (Å²) in [6, 6.07) is 5.32. The summed E-state index contributed by atoms with van der Waals surface area (Å²) in [4.78, 5) is 26.0. The Morgan fingerprint density at radius 3 is 2.57 bits per heavy atom. The van der Waals surface area contributed by atoms with Gasteiger partial charge in [0.05, 0.1) is 5.69 Å². The van der Waals surface area contributed by atoms with Crippen LogP contribution in [0, 0.1) is 18.8 Å². The molecule has 2 aliphatic heterocycles. The average Bonchev–Trinajstić information content (AvgIpc) is 2.93. The van der Waals surface area contributed by atoms with Gasteiger partial charge in [0.1, 0.15) is 18.8 Å². The fraction of sp³-hybridized carbons (Fsp3) is 0.375. The number of nitrogens with zero attached hydrogens (tertiary/aromatic N) is 1. The Balaban J connectivity index is 2.02. The lowest BCUT2D eigenvalue weighted by molar-refractivity contribution is -0.146. The zero-order valence-corrected chi connectivity index (χ0v) is 11.6. The molecular formula is C16H15NO4. The largest absolute Gasteiger partial charge is 0.384 e. The minimum Gasteiger partial charge on any atom is -0.384 e. The van der Waals surface area contributed by atoms with Crippen molar-refractivity contribution in [3.63, 3.8) is 0 Å². The first-order valence-corrected chi connectivity index (χ1v) is 6.85. The highest BCUT2D eigenvalue weighted by atomic mass is 16.5. The van der Waals surface area contributed by atoms with Crippen LogP contribution in [0.4, 0.5) is 5.69 Å². The molecule has 2 saturated heterocycles. The standard InChI is InChI=1S/C16H15NO4/c1-10-4-5-11(3-2-8-18)9-12(10)17-15(19)13-6-7-14(21-13)16(17)20/h4-5,9,13-14,18H,6-8H2,1H3. The van der Waals surface area contributed by atoms with Crippen LogP contribution >= 0.6 is 0 Å². The summed E-state index contributed by atoms with van der Waals surface area (Å²) in [5.41, 5.74) is 2.03. The summed E-state index contributed by atoms with van der Waals surface area (Å²) in [6.45, 7) is 1.61. The number of morpholine rings is 1. The van der Waals surface area contributed by atoms with E-state index in [1.807, 2.05) is 13.0 Å². The number of carbonyl (C=O) groups excluding carboxylic acids is 2. The third-order valence-corrected chi connectivity index (χ3v) is 3.77. The van der Waals surface area contributed by atoms with Crippen LogP contribution < -0.4 is 4.90 Å². The van der Waals surface area contributed by atoms with Gasteiger partial charge in [-0.05, 0) is 37.5 Å². The van der Waals surface area contributed by atoms with E-state index in [9.17, 15) is 9.59 Å². The van der Waals surface area contributed by atoms with Crippen molar-refractivity contribution in [1.82, 2.24) is 0 Å². The number of hydrogen-bond acceptors (Lipinski definition) is 4. The number of hydrogen-bond donors (Lipinski definition) is 1. The van der Waals surface area contributed by atoms with E-state index >= 15 is 0 Å². The first-order valence-electron chi connectivity index (χ1n) is 6.85. The number of rotatable bonds is 1. The maximum absolute atomic E-state index is 12.4. The quantitative estimate of drug-likeness (QED) is 0.611. The van der Waals surface area contributed by atoms with Crippen LogP contribution in [0.2, 0.25) is 0 Å². The number of benzene rings is 1. The van der Waals surface area contributed by atoms with Gasteiger partial charge in [-0.15, -0.1) is 0 Å². The summed E-state index contributed by atoms with van der Waals surface area (Å²) in [5, 5.41) is 8.75. The summed E-state index contributed by atoms with van der Waals surface area (Å²) in [6.07, 6.45) is 0.155. The molecule has 3 rings (SSSR count). The average molecular weight is 285 g/mol. The van der Waals surface area contributed by atoms with Gasteiger partial charge in [-0.2, -0.15) is 0 Å². The van der Waals surface area contributed by atoms with Crippen molar-refractivity contribution in [2.75, 3.05) is 11.5 Å². The van der Waals surface area contributed by atoms with Crippen molar-refractivity contribution in [1.29, 1.82) is 0 Å². The number of aliphatic hydroxyl groups excluding tert-OH is 1. The van der Waals surface area contributed by atoms with Crippen LogP contribution in [0.3, 0.4) is 0 Å². The van der Waals surface area contributed by atoms with Crippen molar-refractivity contribution in [2.24, 2.45) is 0 Å². The molecule has 2 atom stereocenters. The minimum atomic E-state index is -0.515. The molecule has 0 saturated carbocycles. The number of imide groups is 1. The summed E-state index contributed by atoms with van der Waals surface area (Å²) >= 11 is 0. The summed E-state index contributed by atoms with van der Waals surface area (Å²) in [7, 11) is 0. The minimum absolute atomic E-state index is 0.233. The number of aryl methyl sites for hydroxylation is 1. The second kappa shape index (κ2) is 5.32. The Bertz CT molecular complexity index is 649. The van der Waals surface area contributed by atoms with Gasteiger partial charge >= 0.3 is 0 Å². The van der Waals surface area contributed by atoms with Gasteiger partial charge in [0.25, 0.3) is 11.8 Å². The Kier molecular flexibility index (Phi) is 3.50. The van der Waals surface area contributed by atoms with Crippen LogP contribution in [0.5, 0.6) is 0 Å². The lowest BCUT2D eigenvalue weighted by atomic mass is 10.1.